The Labute approximate surface area is 78.1 Å². The number of carbonyl (C=O) groups excluding carboxylic acids is 1. The number of piperazine rings is 1. The topological polar surface area (TPSA) is 43.8 Å². The first-order chi connectivity index (χ1) is 6.31. The van der Waals surface area contributed by atoms with Crippen molar-refractivity contribution in [2.45, 2.75) is 18.9 Å². The van der Waals surface area contributed by atoms with Crippen molar-refractivity contribution < 1.29 is 9.90 Å². The molecule has 1 amide bonds. The summed E-state index contributed by atoms with van der Waals surface area (Å²) >= 11 is 0. The summed E-state index contributed by atoms with van der Waals surface area (Å²) in [6.07, 6.45) is 2.28. The molecule has 4 nitrogen and oxygen atoms in total. The zero-order valence-electron chi connectivity index (χ0n) is 7.78. The third-order valence-corrected chi connectivity index (χ3v) is 2.99. The van der Waals surface area contributed by atoms with Gasteiger partial charge in [-0.25, -0.2) is 0 Å². The number of nitrogens with zero attached hydrogens (tertiary/aromatic N) is 2. The number of rotatable bonds is 2. The Kier molecular flexibility index (Phi) is 2.51. The molecule has 1 N–H and O–H groups in total. The molecule has 0 aromatic carbocycles. The Hall–Kier alpha value is -0.610. The van der Waals surface area contributed by atoms with Crippen LogP contribution in [-0.2, 0) is 4.79 Å². The van der Waals surface area contributed by atoms with Crippen LogP contribution < -0.4 is 0 Å². The Morgan fingerprint density at radius 3 is 3.15 bits per heavy atom. The van der Waals surface area contributed by atoms with Gasteiger partial charge >= 0.3 is 0 Å². The van der Waals surface area contributed by atoms with Gasteiger partial charge < -0.3 is 10.0 Å². The van der Waals surface area contributed by atoms with Crippen LogP contribution in [0.3, 0.4) is 0 Å². The number of piperidine rings is 1. The quantitative estimate of drug-likeness (QED) is 0.616. The van der Waals surface area contributed by atoms with E-state index in [0.29, 0.717) is 19.1 Å². The maximum atomic E-state index is 11.5. The first kappa shape index (κ1) is 8.97. The molecule has 0 radical (unpaired) electrons. The van der Waals surface area contributed by atoms with E-state index in [2.05, 4.69) is 4.90 Å². The van der Waals surface area contributed by atoms with Crippen molar-refractivity contribution in [3.05, 3.63) is 0 Å². The maximum absolute atomic E-state index is 11.5. The number of amides is 1. The molecule has 1 atom stereocenters. The van der Waals surface area contributed by atoms with Crippen molar-refractivity contribution in [1.29, 1.82) is 0 Å². The molecule has 2 bridgehead atoms. The van der Waals surface area contributed by atoms with Crippen molar-refractivity contribution in [2.24, 2.45) is 0 Å². The van der Waals surface area contributed by atoms with Gasteiger partial charge in [0.05, 0.1) is 13.2 Å². The normalized spacial score (nSPS) is 29.5. The summed E-state index contributed by atoms with van der Waals surface area (Å²) in [5.74, 6) is 0.226. The van der Waals surface area contributed by atoms with Gasteiger partial charge in [0.15, 0.2) is 0 Å². The summed E-state index contributed by atoms with van der Waals surface area (Å²) in [6, 6.07) is 0.499. The Morgan fingerprint density at radius 1 is 1.54 bits per heavy atom. The van der Waals surface area contributed by atoms with E-state index in [4.69, 9.17) is 5.11 Å². The van der Waals surface area contributed by atoms with Crippen molar-refractivity contribution in [2.75, 3.05) is 32.8 Å². The minimum absolute atomic E-state index is 0.157. The van der Waals surface area contributed by atoms with Crippen LogP contribution in [0.15, 0.2) is 0 Å². The molecule has 2 fully saturated rings. The van der Waals surface area contributed by atoms with Crippen molar-refractivity contribution in [3.63, 3.8) is 0 Å². The molecule has 13 heavy (non-hydrogen) atoms. The minimum atomic E-state index is 0.157. The third kappa shape index (κ3) is 1.69. The smallest absolute Gasteiger partial charge is 0.236 e. The summed E-state index contributed by atoms with van der Waals surface area (Å²) < 4.78 is 0. The second kappa shape index (κ2) is 3.64. The summed E-state index contributed by atoms with van der Waals surface area (Å²) in [6.45, 7) is 3.11. The molecule has 0 aliphatic carbocycles. The number of aliphatic hydroxyl groups excluding tert-OH is 1. The van der Waals surface area contributed by atoms with E-state index in [-0.39, 0.29) is 12.5 Å². The number of aliphatic hydroxyl groups is 1. The molecule has 2 saturated heterocycles. The summed E-state index contributed by atoms with van der Waals surface area (Å²) in [7, 11) is 0. The van der Waals surface area contributed by atoms with Crippen LogP contribution in [0.4, 0.5) is 0 Å². The van der Waals surface area contributed by atoms with Gasteiger partial charge in [0.25, 0.3) is 0 Å². The lowest BCUT2D eigenvalue weighted by Crippen LogP contribution is -2.59. The molecule has 1 unspecified atom stereocenters. The van der Waals surface area contributed by atoms with Crippen molar-refractivity contribution in [3.8, 4) is 0 Å². The van der Waals surface area contributed by atoms with Crippen LogP contribution in [-0.4, -0.2) is 59.6 Å². The van der Waals surface area contributed by atoms with Crippen LogP contribution >= 0.6 is 0 Å². The monoisotopic (exact) mass is 184 g/mol. The standard InChI is InChI=1S/C9H16N2O2/c12-5-4-10-7-9(13)11-3-1-2-8(10)6-11/h8,12H,1-7H2. The fraction of sp³-hybridized carbons (Fsp3) is 0.889. The molecular weight excluding hydrogens is 168 g/mol. The third-order valence-electron chi connectivity index (χ3n) is 2.99. The molecule has 2 aliphatic rings. The van der Waals surface area contributed by atoms with Gasteiger partial charge in [-0.15, -0.1) is 0 Å². The van der Waals surface area contributed by atoms with Crippen LogP contribution in [0.25, 0.3) is 0 Å². The largest absolute Gasteiger partial charge is 0.395 e. The Balaban J connectivity index is 2.01. The van der Waals surface area contributed by atoms with Gasteiger partial charge in [0, 0.05) is 25.7 Å². The van der Waals surface area contributed by atoms with Gasteiger partial charge in [-0.05, 0) is 12.8 Å². The first-order valence-corrected chi connectivity index (χ1v) is 4.94. The molecule has 74 valence electrons. The second-order valence-electron chi connectivity index (χ2n) is 3.83. The fourth-order valence-corrected chi connectivity index (χ4v) is 2.27. The lowest BCUT2D eigenvalue weighted by Gasteiger charge is -2.44. The number of hydrogen-bond donors (Lipinski definition) is 1. The Morgan fingerprint density at radius 2 is 2.38 bits per heavy atom. The van der Waals surface area contributed by atoms with E-state index in [1.54, 1.807) is 0 Å². The van der Waals surface area contributed by atoms with Crippen molar-refractivity contribution in [1.82, 2.24) is 9.80 Å². The van der Waals surface area contributed by atoms with Gasteiger partial charge in [-0.1, -0.05) is 0 Å². The highest BCUT2D eigenvalue weighted by molar-refractivity contribution is 5.79. The van der Waals surface area contributed by atoms with E-state index in [1.165, 1.54) is 6.42 Å². The van der Waals surface area contributed by atoms with E-state index < -0.39 is 0 Å². The molecule has 0 aromatic rings. The highest BCUT2D eigenvalue weighted by atomic mass is 16.3. The van der Waals surface area contributed by atoms with Gasteiger partial charge in [0.1, 0.15) is 0 Å². The minimum Gasteiger partial charge on any atom is -0.395 e. The van der Waals surface area contributed by atoms with Gasteiger partial charge in [0.2, 0.25) is 5.91 Å². The molecule has 2 rings (SSSR count). The molecule has 4 heteroatoms. The highest BCUT2D eigenvalue weighted by Gasteiger charge is 2.33. The molecule has 0 spiro atoms. The number of hydrogen-bond acceptors (Lipinski definition) is 3. The van der Waals surface area contributed by atoms with Crippen molar-refractivity contribution >= 4 is 5.91 Å². The molecule has 2 aliphatic heterocycles. The van der Waals surface area contributed by atoms with Crippen LogP contribution in [0, 0.1) is 0 Å². The Bertz CT molecular complexity index is 208. The van der Waals surface area contributed by atoms with Gasteiger partial charge in [-0.2, -0.15) is 0 Å². The number of fused-ring (bicyclic) bond motifs is 2. The summed E-state index contributed by atoms with van der Waals surface area (Å²) in [4.78, 5) is 15.5. The fourth-order valence-electron chi connectivity index (χ4n) is 2.27. The van der Waals surface area contributed by atoms with Crippen LogP contribution in [0.5, 0.6) is 0 Å². The average molecular weight is 184 g/mol. The summed E-state index contributed by atoms with van der Waals surface area (Å²) in [5.41, 5.74) is 0. The summed E-state index contributed by atoms with van der Waals surface area (Å²) in [5, 5.41) is 8.84. The molecular formula is C9H16N2O2. The van der Waals surface area contributed by atoms with E-state index >= 15 is 0 Å². The van der Waals surface area contributed by atoms with Gasteiger partial charge in [-0.3, -0.25) is 9.69 Å². The zero-order valence-corrected chi connectivity index (χ0v) is 7.78. The van der Waals surface area contributed by atoms with E-state index in [0.717, 1.165) is 19.5 Å². The lowest BCUT2D eigenvalue weighted by atomic mass is 10.0. The van der Waals surface area contributed by atoms with Crippen LogP contribution in [0.2, 0.25) is 0 Å². The van der Waals surface area contributed by atoms with E-state index in [1.807, 2.05) is 4.90 Å². The second-order valence-corrected chi connectivity index (χ2v) is 3.83. The predicted molar refractivity (Wildman–Crippen MR) is 48.3 cm³/mol. The van der Waals surface area contributed by atoms with E-state index in [9.17, 15) is 4.79 Å². The lowest BCUT2D eigenvalue weighted by molar-refractivity contribution is -0.141. The predicted octanol–water partition coefficient (Wildman–Crippen LogP) is -0.715. The molecule has 0 aromatic heterocycles. The number of β-amino-alcohol motifs (C(OH)–C–C–N with tert-alkyl or cyclic N) is 1. The zero-order chi connectivity index (χ0) is 9.26. The SMILES string of the molecule is O=C1CN(CCO)C2CCCN1C2. The average Bonchev–Trinajstić information content (AvgIpc) is 2.16. The first-order valence-electron chi connectivity index (χ1n) is 4.94. The highest BCUT2D eigenvalue weighted by Crippen LogP contribution is 2.20. The van der Waals surface area contributed by atoms with Crippen LogP contribution in [0.1, 0.15) is 12.8 Å². The molecule has 2 heterocycles. The maximum Gasteiger partial charge on any atom is 0.236 e. The number of carbonyl (C=O) groups is 1. The molecule has 0 saturated carbocycles.